The van der Waals surface area contributed by atoms with Crippen LogP contribution in [-0.2, 0) is 19.1 Å². The van der Waals surface area contributed by atoms with E-state index >= 15 is 0 Å². The summed E-state index contributed by atoms with van der Waals surface area (Å²) in [4.78, 5) is 25.8. The van der Waals surface area contributed by atoms with Crippen LogP contribution < -0.4 is 0 Å². The molecule has 126 valence electrons. The lowest BCUT2D eigenvalue weighted by molar-refractivity contribution is -0.219. The number of ether oxygens (including phenoxy) is 2. The molecule has 3 atom stereocenters. The van der Waals surface area contributed by atoms with Gasteiger partial charge in [-0.2, -0.15) is 0 Å². The first-order chi connectivity index (χ1) is 10.5. The summed E-state index contributed by atoms with van der Waals surface area (Å²) in [6, 6.07) is 0. The molecule has 0 unspecified atom stereocenters. The SMILES string of the molecule is CCO[C@@H]1C[C@@H](OC(=O)[C@@H]2CCN(C)C(=O)C2)C1(CC)CC. The first kappa shape index (κ1) is 17.3. The molecule has 1 aliphatic carbocycles. The van der Waals surface area contributed by atoms with Gasteiger partial charge >= 0.3 is 5.97 Å². The number of carbonyl (C=O) groups is 2. The number of hydrogen-bond donors (Lipinski definition) is 0. The third kappa shape index (κ3) is 3.00. The van der Waals surface area contributed by atoms with E-state index in [4.69, 9.17) is 9.47 Å². The van der Waals surface area contributed by atoms with Gasteiger partial charge in [-0.15, -0.1) is 0 Å². The molecule has 2 aliphatic rings. The summed E-state index contributed by atoms with van der Waals surface area (Å²) >= 11 is 0. The van der Waals surface area contributed by atoms with Crippen molar-refractivity contribution < 1.29 is 19.1 Å². The smallest absolute Gasteiger partial charge is 0.309 e. The van der Waals surface area contributed by atoms with Gasteiger partial charge in [0.25, 0.3) is 0 Å². The highest BCUT2D eigenvalue weighted by atomic mass is 16.6. The Bertz CT molecular complexity index is 419. The van der Waals surface area contributed by atoms with Crippen LogP contribution >= 0.6 is 0 Å². The molecule has 1 amide bonds. The van der Waals surface area contributed by atoms with Gasteiger partial charge in [-0.3, -0.25) is 9.59 Å². The number of esters is 1. The molecule has 1 saturated carbocycles. The van der Waals surface area contributed by atoms with Gasteiger partial charge in [0, 0.05) is 38.5 Å². The Labute approximate surface area is 133 Å². The third-order valence-corrected chi connectivity index (χ3v) is 5.65. The van der Waals surface area contributed by atoms with Crippen molar-refractivity contribution in [1.82, 2.24) is 4.90 Å². The summed E-state index contributed by atoms with van der Waals surface area (Å²) in [6.45, 7) is 7.59. The quantitative estimate of drug-likeness (QED) is 0.707. The number of nitrogens with zero attached hydrogens (tertiary/aromatic N) is 1. The van der Waals surface area contributed by atoms with E-state index in [9.17, 15) is 9.59 Å². The van der Waals surface area contributed by atoms with Crippen LogP contribution in [0.3, 0.4) is 0 Å². The molecule has 0 aromatic carbocycles. The normalized spacial score (nSPS) is 30.8. The highest BCUT2D eigenvalue weighted by Gasteiger charge is 2.56. The van der Waals surface area contributed by atoms with Crippen molar-refractivity contribution in [1.29, 1.82) is 0 Å². The standard InChI is InChI=1S/C17H29NO4/c1-5-17(6-2)13(21-7-3)11-14(17)22-16(20)12-8-9-18(4)15(19)10-12/h12-14H,5-11H2,1-4H3/t12-,13-,14-/m1/s1. The highest BCUT2D eigenvalue weighted by Crippen LogP contribution is 2.50. The van der Waals surface area contributed by atoms with E-state index in [1.54, 1.807) is 11.9 Å². The van der Waals surface area contributed by atoms with Crippen LogP contribution in [0.5, 0.6) is 0 Å². The number of rotatable bonds is 6. The Balaban J connectivity index is 1.95. The highest BCUT2D eigenvalue weighted by molar-refractivity contribution is 5.84. The minimum atomic E-state index is -0.277. The van der Waals surface area contributed by atoms with Crippen molar-refractivity contribution in [3.8, 4) is 0 Å². The van der Waals surface area contributed by atoms with Crippen molar-refractivity contribution in [3.63, 3.8) is 0 Å². The fourth-order valence-electron chi connectivity index (χ4n) is 3.85. The minimum Gasteiger partial charge on any atom is -0.461 e. The fourth-order valence-corrected chi connectivity index (χ4v) is 3.85. The fraction of sp³-hybridized carbons (Fsp3) is 0.882. The van der Waals surface area contributed by atoms with E-state index in [0.717, 1.165) is 19.3 Å². The second-order valence-corrected chi connectivity index (χ2v) is 6.55. The summed E-state index contributed by atoms with van der Waals surface area (Å²) in [5.74, 6) is -0.444. The Morgan fingerprint density at radius 3 is 2.50 bits per heavy atom. The van der Waals surface area contributed by atoms with Gasteiger partial charge < -0.3 is 14.4 Å². The molecule has 5 nitrogen and oxygen atoms in total. The predicted molar refractivity (Wildman–Crippen MR) is 83.3 cm³/mol. The maximum absolute atomic E-state index is 12.4. The maximum Gasteiger partial charge on any atom is 0.309 e. The first-order valence-corrected chi connectivity index (χ1v) is 8.54. The van der Waals surface area contributed by atoms with Crippen molar-refractivity contribution in [2.75, 3.05) is 20.2 Å². The number of carbonyl (C=O) groups excluding carboxylic acids is 2. The molecule has 1 heterocycles. The molecule has 2 rings (SSSR count). The zero-order valence-electron chi connectivity index (χ0n) is 14.3. The number of piperidine rings is 1. The molecule has 0 radical (unpaired) electrons. The Morgan fingerprint density at radius 1 is 1.27 bits per heavy atom. The van der Waals surface area contributed by atoms with Gasteiger partial charge in [-0.25, -0.2) is 0 Å². The van der Waals surface area contributed by atoms with E-state index in [2.05, 4.69) is 13.8 Å². The van der Waals surface area contributed by atoms with Crippen molar-refractivity contribution in [2.45, 2.75) is 65.1 Å². The average molecular weight is 311 g/mol. The Kier molecular flexibility index (Phi) is 5.48. The molecule has 5 heteroatoms. The molecular weight excluding hydrogens is 282 g/mol. The van der Waals surface area contributed by atoms with Crippen LogP contribution in [0.25, 0.3) is 0 Å². The van der Waals surface area contributed by atoms with Crippen LogP contribution in [0, 0.1) is 11.3 Å². The number of likely N-dealkylation sites (tertiary alicyclic amines) is 1. The zero-order valence-corrected chi connectivity index (χ0v) is 14.3. The van der Waals surface area contributed by atoms with Crippen LogP contribution in [0.1, 0.15) is 52.9 Å². The lowest BCUT2D eigenvalue weighted by Gasteiger charge is -2.54. The molecule has 1 saturated heterocycles. The molecule has 22 heavy (non-hydrogen) atoms. The van der Waals surface area contributed by atoms with Gasteiger partial charge in [-0.1, -0.05) is 13.8 Å². The van der Waals surface area contributed by atoms with Gasteiger partial charge in [0.2, 0.25) is 5.91 Å². The minimum absolute atomic E-state index is 0.0336. The van der Waals surface area contributed by atoms with Crippen LogP contribution in [0.4, 0.5) is 0 Å². The third-order valence-electron chi connectivity index (χ3n) is 5.65. The molecule has 0 N–H and O–H groups in total. The van der Waals surface area contributed by atoms with Crippen molar-refractivity contribution >= 4 is 11.9 Å². The number of amides is 1. The average Bonchev–Trinajstić information content (AvgIpc) is 2.50. The summed E-state index contributed by atoms with van der Waals surface area (Å²) < 4.78 is 11.6. The van der Waals surface area contributed by atoms with E-state index in [1.807, 2.05) is 6.92 Å². The number of hydrogen-bond acceptors (Lipinski definition) is 4. The van der Waals surface area contributed by atoms with Crippen LogP contribution in [0.2, 0.25) is 0 Å². The summed E-state index contributed by atoms with van der Waals surface area (Å²) in [6.07, 6.45) is 3.76. The summed E-state index contributed by atoms with van der Waals surface area (Å²) in [5.41, 5.74) is -0.0544. The lowest BCUT2D eigenvalue weighted by atomic mass is 9.60. The second-order valence-electron chi connectivity index (χ2n) is 6.55. The molecular formula is C17H29NO4. The van der Waals surface area contributed by atoms with Gasteiger partial charge in [-0.05, 0) is 26.2 Å². The largest absolute Gasteiger partial charge is 0.461 e. The summed E-state index contributed by atoms with van der Waals surface area (Å²) in [5, 5.41) is 0. The first-order valence-electron chi connectivity index (χ1n) is 8.54. The molecule has 0 spiro atoms. The summed E-state index contributed by atoms with van der Waals surface area (Å²) in [7, 11) is 1.78. The van der Waals surface area contributed by atoms with E-state index in [0.29, 0.717) is 19.6 Å². The monoisotopic (exact) mass is 311 g/mol. The molecule has 0 bridgehead atoms. The zero-order chi connectivity index (χ0) is 16.3. The predicted octanol–water partition coefficient (Wildman–Crippen LogP) is 2.38. The van der Waals surface area contributed by atoms with E-state index in [1.165, 1.54) is 0 Å². The Hall–Kier alpha value is -1.10. The van der Waals surface area contributed by atoms with Crippen molar-refractivity contribution in [3.05, 3.63) is 0 Å². The molecule has 1 aliphatic heterocycles. The van der Waals surface area contributed by atoms with Gasteiger partial charge in [0.05, 0.1) is 12.0 Å². The van der Waals surface area contributed by atoms with Gasteiger partial charge in [0.1, 0.15) is 6.10 Å². The molecule has 0 aromatic rings. The van der Waals surface area contributed by atoms with Crippen LogP contribution in [0.15, 0.2) is 0 Å². The van der Waals surface area contributed by atoms with E-state index < -0.39 is 0 Å². The molecule has 0 aromatic heterocycles. The molecule has 2 fully saturated rings. The second kappa shape index (κ2) is 6.99. The van der Waals surface area contributed by atoms with Gasteiger partial charge in [0.15, 0.2) is 0 Å². The maximum atomic E-state index is 12.4. The van der Waals surface area contributed by atoms with Crippen molar-refractivity contribution in [2.24, 2.45) is 11.3 Å². The van der Waals surface area contributed by atoms with E-state index in [-0.39, 0.29) is 41.8 Å². The topological polar surface area (TPSA) is 55.8 Å². The Morgan fingerprint density at radius 2 is 1.95 bits per heavy atom. The van der Waals surface area contributed by atoms with Crippen LogP contribution in [-0.4, -0.2) is 49.2 Å². The lowest BCUT2D eigenvalue weighted by Crippen LogP contribution is -2.59.